The molecule has 0 aromatic heterocycles. The van der Waals surface area contributed by atoms with Crippen molar-refractivity contribution in [2.45, 2.75) is 48.0 Å². The Morgan fingerprint density at radius 3 is 2.45 bits per heavy atom. The first kappa shape index (κ1) is 32.6. The van der Waals surface area contributed by atoms with E-state index in [0.717, 1.165) is 23.5 Å². The SMILES string of the molecule is N=C(N)NCC(C[C@H](NC(=O)[C@@H]1CCCN1)C(=O)O)N(C(=O)CN)c1c(S(=O)(=O)Cc2ccccc2)ccc(O)c1Cl. The summed E-state index contributed by atoms with van der Waals surface area (Å²) in [6, 6.07) is 6.96. The molecule has 2 aromatic rings. The van der Waals surface area contributed by atoms with E-state index in [1.165, 1.54) is 0 Å². The summed E-state index contributed by atoms with van der Waals surface area (Å²) in [6.07, 6.45) is 0.771. The topological polar surface area (TPSA) is 241 Å². The van der Waals surface area contributed by atoms with E-state index in [0.29, 0.717) is 18.5 Å². The lowest BCUT2D eigenvalue weighted by atomic mass is 10.0. The number of aliphatic carboxylic acids is 1. The number of rotatable bonds is 13. The van der Waals surface area contributed by atoms with Gasteiger partial charge in [-0.2, -0.15) is 0 Å². The second kappa shape index (κ2) is 14.3. The summed E-state index contributed by atoms with van der Waals surface area (Å²) in [5.74, 6) is -4.41. The monoisotopic (exact) mass is 623 g/mol. The fourth-order valence-corrected chi connectivity index (χ4v) is 6.54. The molecule has 0 radical (unpaired) electrons. The summed E-state index contributed by atoms with van der Waals surface area (Å²) >= 11 is 6.45. The Labute approximate surface area is 247 Å². The molecule has 14 nitrogen and oxygen atoms in total. The third-order valence-corrected chi connectivity index (χ3v) is 8.76. The number of amides is 2. The van der Waals surface area contributed by atoms with Crippen molar-refractivity contribution < 1.29 is 33.0 Å². The number of carbonyl (C=O) groups is 3. The van der Waals surface area contributed by atoms with Crippen molar-refractivity contribution in [2.75, 3.05) is 24.5 Å². The minimum atomic E-state index is -4.22. The molecule has 0 spiro atoms. The molecule has 228 valence electrons. The lowest BCUT2D eigenvalue weighted by Crippen LogP contribution is -2.56. The number of nitrogens with zero attached hydrogens (tertiary/aromatic N) is 1. The lowest BCUT2D eigenvalue weighted by molar-refractivity contribution is -0.142. The number of hydrogen-bond acceptors (Lipinski definition) is 9. The molecule has 42 heavy (non-hydrogen) atoms. The van der Waals surface area contributed by atoms with Crippen molar-refractivity contribution in [1.82, 2.24) is 16.0 Å². The van der Waals surface area contributed by atoms with Crippen LogP contribution in [0.1, 0.15) is 24.8 Å². The Hall–Kier alpha value is -3.92. The number of anilines is 1. The van der Waals surface area contributed by atoms with Crippen LogP contribution in [-0.4, -0.2) is 80.1 Å². The summed E-state index contributed by atoms with van der Waals surface area (Å²) < 4.78 is 27.4. The minimum absolute atomic E-state index is 0.355. The standard InChI is InChI=1S/C26H34ClN7O7S/c27-22-19(35)8-9-20(42(40,41)14-15-5-2-1-3-6-15)23(22)34(21(36)12-28)16(13-32-26(29)30)11-18(25(38)39)33-24(37)17-7-4-10-31-17/h1-3,5-6,8-9,16-18,31,35H,4,7,10-14,28H2,(H,33,37)(H,38,39)(H4,29,30,32)/t16?,17-,18-/m0/s1. The van der Waals surface area contributed by atoms with Crippen LogP contribution in [0.25, 0.3) is 0 Å². The predicted molar refractivity (Wildman–Crippen MR) is 156 cm³/mol. The highest BCUT2D eigenvalue weighted by Gasteiger charge is 2.37. The number of phenols is 1. The van der Waals surface area contributed by atoms with E-state index in [9.17, 15) is 33.0 Å². The molecule has 1 aliphatic rings. The molecule has 1 aliphatic heterocycles. The number of carbonyl (C=O) groups excluding carboxylic acids is 2. The Balaban J connectivity index is 2.12. The van der Waals surface area contributed by atoms with E-state index in [-0.39, 0.29) is 6.54 Å². The van der Waals surface area contributed by atoms with E-state index < -0.39 is 91.8 Å². The number of hydrogen-bond donors (Lipinski definition) is 8. The molecule has 0 aliphatic carbocycles. The quantitative estimate of drug-likeness (QED) is 0.108. The third kappa shape index (κ3) is 8.09. The number of carboxylic acids is 1. The zero-order valence-corrected chi connectivity index (χ0v) is 24.1. The number of sulfone groups is 1. The van der Waals surface area contributed by atoms with Gasteiger partial charge in [0.05, 0.1) is 35.0 Å². The second-order valence-electron chi connectivity index (χ2n) is 9.69. The number of phenolic OH excluding ortho intramolecular Hbond substituents is 1. The van der Waals surface area contributed by atoms with Gasteiger partial charge in [0.25, 0.3) is 0 Å². The largest absolute Gasteiger partial charge is 0.506 e. The highest BCUT2D eigenvalue weighted by molar-refractivity contribution is 7.90. The van der Waals surface area contributed by atoms with Crippen LogP contribution in [0.3, 0.4) is 0 Å². The molecule has 0 bridgehead atoms. The first-order valence-corrected chi connectivity index (χ1v) is 15.0. The molecular weight excluding hydrogens is 590 g/mol. The molecule has 2 aromatic carbocycles. The molecule has 1 heterocycles. The van der Waals surface area contributed by atoms with Gasteiger partial charge in [0.2, 0.25) is 11.8 Å². The van der Waals surface area contributed by atoms with Crippen LogP contribution in [-0.2, 0) is 30.0 Å². The van der Waals surface area contributed by atoms with Crippen molar-refractivity contribution >= 4 is 50.9 Å². The number of aromatic hydroxyl groups is 1. The molecule has 1 saturated heterocycles. The van der Waals surface area contributed by atoms with Gasteiger partial charge in [0.15, 0.2) is 15.8 Å². The van der Waals surface area contributed by atoms with Gasteiger partial charge in [0, 0.05) is 13.0 Å². The molecular formula is C26H34ClN7O7S. The van der Waals surface area contributed by atoms with E-state index in [1.54, 1.807) is 30.3 Å². The summed E-state index contributed by atoms with van der Waals surface area (Å²) in [5, 5.41) is 35.5. The van der Waals surface area contributed by atoms with Crippen LogP contribution in [0, 0.1) is 5.41 Å². The van der Waals surface area contributed by atoms with Crippen molar-refractivity contribution in [2.24, 2.45) is 11.5 Å². The fourth-order valence-electron chi connectivity index (χ4n) is 4.67. The zero-order valence-electron chi connectivity index (χ0n) is 22.5. The predicted octanol–water partition coefficient (Wildman–Crippen LogP) is -0.126. The molecule has 10 N–H and O–H groups in total. The number of benzene rings is 2. The third-order valence-electron chi connectivity index (χ3n) is 6.67. The molecule has 0 saturated carbocycles. The van der Waals surface area contributed by atoms with Crippen molar-refractivity contribution in [3.63, 3.8) is 0 Å². The van der Waals surface area contributed by atoms with Gasteiger partial charge in [0.1, 0.15) is 16.8 Å². The Bertz CT molecular complexity index is 1420. The molecule has 3 rings (SSSR count). The maximum absolute atomic E-state index is 13.7. The smallest absolute Gasteiger partial charge is 0.326 e. The van der Waals surface area contributed by atoms with Gasteiger partial charge in [-0.05, 0) is 37.1 Å². The summed E-state index contributed by atoms with van der Waals surface area (Å²) in [4.78, 5) is 38.9. The average Bonchev–Trinajstić information content (AvgIpc) is 3.48. The maximum Gasteiger partial charge on any atom is 0.326 e. The number of halogens is 1. The molecule has 3 atom stereocenters. The highest BCUT2D eigenvalue weighted by atomic mass is 35.5. The number of nitrogens with one attached hydrogen (secondary N) is 4. The van der Waals surface area contributed by atoms with E-state index in [2.05, 4.69) is 16.0 Å². The Kier molecular flexibility index (Phi) is 11.1. The maximum atomic E-state index is 13.7. The molecule has 16 heteroatoms. The number of nitrogens with two attached hydrogens (primary N) is 2. The Morgan fingerprint density at radius 2 is 1.88 bits per heavy atom. The lowest BCUT2D eigenvalue weighted by Gasteiger charge is -2.35. The summed E-state index contributed by atoms with van der Waals surface area (Å²) in [6.45, 7) is -0.417. The normalized spacial score (nSPS) is 16.3. The van der Waals surface area contributed by atoms with Crippen molar-refractivity contribution in [3.05, 3.63) is 53.1 Å². The Morgan fingerprint density at radius 1 is 1.19 bits per heavy atom. The van der Waals surface area contributed by atoms with Gasteiger partial charge in [-0.3, -0.25) is 15.0 Å². The first-order chi connectivity index (χ1) is 19.9. The van der Waals surface area contributed by atoms with Crippen molar-refractivity contribution in [3.8, 4) is 5.75 Å². The number of carboxylic acid groups (broad SMARTS) is 1. The summed E-state index contributed by atoms with van der Waals surface area (Å²) in [5.41, 5.74) is 11.2. The van der Waals surface area contributed by atoms with Crippen LogP contribution < -0.4 is 32.3 Å². The van der Waals surface area contributed by atoms with Crippen LogP contribution in [0.4, 0.5) is 5.69 Å². The second-order valence-corrected chi connectivity index (χ2v) is 12.0. The molecule has 1 unspecified atom stereocenters. The van der Waals surface area contributed by atoms with E-state index in [4.69, 9.17) is 28.5 Å². The van der Waals surface area contributed by atoms with Crippen LogP contribution in [0.15, 0.2) is 47.4 Å². The van der Waals surface area contributed by atoms with Crippen molar-refractivity contribution in [1.29, 1.82) is 5.41 Å². The van der Waals surface area contributed by atoms with E-state index >= 15 is 0 Å². The number of guanidine groups is 1. The average molecular weight is 624 g/mol. The van der Waals surface area contributed by atoms with Crippen LogP contribution >= 0.6 is 11.6 Å². The zero-order chi connectivity index (χ0) is 31.0. The van der Waals surface area contributed by atoms with Gasteiger partial charge in [-0.25, -0.2) is 13.2 Å². The minimum Gasteiger partial charge on any atom is -0.506 e. The highest BCUT2D eigenvalue weighted by Crippen LogP contribution is 2.41. The fraction of sp³-hybridized carbons (Fsp3) is 0.385. The summed E-state index contributed by atoms with van der Waals surface area (Å²) in [7, 11) is -4.22. The van der Waals surface area contributed by atoms with Gasteiger partial charge < -0.3 is 42.5 Å². The molecule has 1 fully saturated rings. The van der Waals surface area contributed by atoms with Crippen LogP contribution in [0.5, 0.6) is 5.75 Å². The van der Waals surface area contributed by atoms with Gasteiger partial charge in [-0.1, -0.05) is 41.9 Å². The van der Waals surface area contributed by atoms with Gasteiger partial charge >= 0.3 is 5.97 Å². The van der Waals surface area contributed by atoms with Gasteiger partial charge in [-0.15, -0.1) is 0 Å². The van der Waals surface area contributed by atoms with Crippen LogP contribution in [0.2, 0.25) is 5.02 Å². The molecule has 2 amide bonds. The van der Waals surface area contributed by atoms with E-state index in [1.807, 2.05) is 0 Å². The first-order valence-electron chi connectivity index (χ1n) is 13.0.